The van der Waals surface area contributed by atoms with E-state index in [-0.39, 0.29) is 11.5 Å². The highest BCUT2D eigenvalue weighted by atomic mass is 79.9. The molecule has 1 aromatic heterocycles. The number of halogens is 1. The van der Waals surface area contributed by atoms with Gasteiger partial charge in [-0.25, -0.2) is 4.98 Å². The van der Waals surface area contributed by atoms with Gasteiger partial charge in [-0.15, -0.1) is 11.3 Å². The van der Waals surface area contributed by atoms with E-state index in [0.29, 0.717) is 21.0 Å². The van der Waals surface area contributed by atoms with E-state index in [2.05, 4.69) is 31.4 Å². The number of nitrogens with two attached hydrogens (primary N) is 1. The minimum atomic E-state index is 0.00359. The zero-order chi connectivity index (χ0) is 13.1. The summed E-state index contributed by atoms with van der Waals surface area (Å²) in [5.74, 6) is 0.440. The lowest BCUT2D eigenvalue weighted by atomic mass is 10.2. The number of benzene rings is 1. The van der Waals surface area contributed by atoms with Crippen LogP contribution < -0.4 is 11.2 Å². The van der Waals surface area contributed by atoms with Crippen LogP contribution in [0.25, 0.3) is 0 Å². The summed E-state index contributed by atoms with van der Waals surface area (Å²) in [5.41, 5.74) is 8.50. The number of rotatable bonds is 3. The lowest BCUT2D eigenvalue weighted by molar-refractivity contribution is 0.456. The van der Waals surface area contributed by atoms with Crippen LogP contribution in [0, 0.1) is 0 Å². The number of phenols is 2. The van der Waals surface area contributed by atoms with Crippen molar-refractivity contribution in [3.63, 3.8) is 0 Å². The Balaban J connectivity index is 2.16. The molecule has 0 aliphatic rings. The molecule has 1 aromatic carbocycles. The Morgan fingerprint density at radius 2 is 2.11 bits per heavy atom. The maximum Gasteiger partial charge on any atom is 0.205 e. The van der Waals surface area contributed by atoms with E-state index < -0.39 is 0 Å². The van der Waals surface area contributed by atoms with E-state index in [1.807, 2.05) is 0 Å². The first-order valence-corrected chi connectivity index (χ1v) is 6.45. The normalized spacial score (nSPS) is 10.9. The first kappa shape index (κ1) is 12.7. The van der Waals surface area contributed by atoms with Gasteiger partial charge >= 0.3 is 0 Å². The molecule has 0 fully saturated rings. The van der Waals surface area contributed by atoms with Crippen LogP contribution in [0.4, 0.5) is 10.9 Å². The van der Waals surface area contributed by atoms with Crippen LogP contribution >= 0.6 is 27.3 Å². The number of nitrogens with zero attached hydrogens (tertiary/aromatic N) is 2. The van der Waals surface area contributed by atoms with Gasteiger partial charge in [0.2, 0.25) is 5.13 Å². The molecule has 94 valence electrons. The van der Waals surface area contributed by atoms with E-state index in [1.54, 1.807) is 5.38 Å². The Kier molecular flexibility index (Phi) is 3.68. The number of thiazole rings is 1. The fraction of sp³-hybridized carbons (Fsp3) is 0. The Bertz CT molecular complexity index is 600. The summed E-state index contributed by atoms with van der Waals surface area (Å²) in [4.78, 5) is 3.95. The number of aromatic nitrogens is 1. The van der Waals surface area contributed by atoms with Gasteiger partial charge in [0, 0.05) is 5.38 Å². The summed E-state index contributed by atoms with van der Waals surface area (Å²) in [6.45, 7) is 0. The van der Waals surface area contributed by atoms with Crippen LogP contribution in [0.1, 0.15) is 5.56 Å². The maximum absolute atomic E-state index is 9.62. The summed E-state index contributed by atoms with van der Waals surface area (Å²) in [6, 6.07) is 2.76. The molecule has 2 rings (SSSR count). The second kappa shape index (κ2) is 5.23. The van der Waals surface area contributed by atoms with Gasteiger partial charge in [-0.05, 0) is 28.1 Å². The van der Waals surface area contributed by atoms with E-state index in [9.17, 15) is 10.2 Å². The fourth-order valence-electron chi connectivity index (χ4n) is 1.18. The Labute approximate surface area is 115 Å². The van der Waals surface area contributed by atoms with Gasteiger partial charge in [0.15, 0.2) is 0 Å². The molecule has 2 aromatic rings. The quantitative estimate of drug-likeness (QED) is 0.393. The summed E-state index contributed by atoms with van der Waals surface area (Å²) < 4.78 is 0.367. The predicted molar refractivity (Wildman–Crippen MR) is 75.2 cm³/mol. The average molecular weight is 329 g/mol. The van der Waals surface area contributed by atoms with Crippen LogP contribution in [0.3, 0.4) is 0 Å². The topological polar surface area (TPSA) is 104 Å². The van der Waals surface area contributed by atoms with Crippen molar-refractivity contribution in [2.45, 2.75) is 0 Å². The zero-order valence-corrected chi connectivity index (χ0v) is 11.4. The predicted octanol–water partition coefficient (Wildman–Crippen LogP) is 2.35. The molecule has 6 nitrogen and oxygen atoms in total. The smallest absolute Gasteiger partial charge is 0.205 e. The number of anilines is 2. The van der Waals surface area contributed by atoms with Crippen LogP contribution in [0.2, 0.25) is 0 Å². The standard InChI is InChI=1S/C10H9BrN4O2S/c11-9-5(6(16)1-2-7(9)17)3-13-15-10-14-8(12)4-18-10/h1-4,16-17H,12H2,(H,14,15). The third-order valence-electron chi connectivity index (χ3n) is 2.01. The van der Waals surface area contributed by atoms with Crippen LogP contribution in [-0.4, -0.2) is 21.4 Å². The minimum Gasteiger partial charge on any atom is -0.507 e. The van der Waals surface area contributed by atoms with Crippen LogP contribution in [-0.2, 0) is 0 Å². The molecular weight excluding hydrogens is 320 g/mol. The van der Waals surface area contributed by atoms with Crippen LogP contribution in [0.5, 0.6) is 11.5 Å². The van der Waals surface area contributed by atoms with Gasteiger partial charge in [-0.3, -0.25) is 5.43 Å². The summed E-state index contributed by atoms with van der Waals surface area (Å²) in [5, 5.41) is 25.2. The number of aromatic hydroxyl groups is 2. The van der Waals surface area contributed by atoms with Crippen molar-refractivity contribution < 1.29 is 10.2 Å². The molecule has 0 spiro atoms. The molecule has 5 N–H and O–H groups in total. The van der Waals surface area contributed by atoms with E-state index >= 15 is 0 Å². The SMILES string of the molecule is Nc1csc(NN=Cc2c(O)ccc(O)c2Br)n1. The van der Waals surface area contributed by atoms with Crippen molar-refractivity contribution in [3.05, 3.63) is 27.5 Å². The highest BCUT2D eigenvalue weighted by Crippen LogP contribution is 2.32. The highest BCUT2D eigenvalue weighted by Gasteiger charge is 2.08. The Hall–Kier alpha value is -1.80. The number of nitrogens with one attached hydrogen (secondary N) is 1. The second-order valence-electron chi connectivity index (χ2n) is 3.28. The Morgan fingerprint density at radius 1 is 1.39 bits per heavy atom. The molecule has 18 heavy (non-hydrogen) atoms. The van der Waals surface area contributed by atoms with Gasteiger partial charge in [-0.1, -0.05) is 0 Å². The Morgan fingerprint density at radius 3 is 2.78 bits per heavy atom. The number of hydrazone groups is 1. The first-order valence-electron chi connectivity index (χ1n) is 4.78. The van der Waals surface area contributed by atoms with Crippen LogP contribution in [0.15, 0.2) is 27.1 Å². The molecule has 0 amide bonds. The summed E-state index contributed by atoms with van der Waals surface area (Å²) in [6.07, 6.45) is 1.37. The van der Waals surface area contributed by atoms with E-state index in [0.717, 1.165) is 0 Å². The molecule has 0 atom stereocenters. The minimum absolute atomic E-state index is 0.00359. The van der Waals surface area contributed by atoms with E-state index in [1.165, 1.54) is 29.7 Å². The van der Waals surface area contributed by atoms with Crippen molar-refractivity contribution in [1.82, 2.24) is 4.98 Å². The summed E-state index contributed by atoms with van der Waals surface area (Å²) >= 11 is 4.47. The number of hydrogen-bond donors (Lipinski definition) is 4. The molecule has 1 heterocycles. The third kappa shape index (κ3) is 2.71. The lowest BCUT2D eigenvalue weighted by Gasteiger charge is -2.03. The molecule has 0 unspecified atom stereocenters. The van der Waals surface area contributed by atoms with E-state index in [4.69, 9.17) is 5.73 Å². The lowest BCUT2D eigenvalue weighted by Crippen LogP contribution is -1.92. The molecule has 0 aliphatic heterocycles. The van der Waals surface area contributed by atoms with Crippen molar-refractivity contribution in [2.75, 3.05) is 11.2 Å². The van der Waals surface area contributed by atoms with Crippen molar-refractivity contribution in [2.24, 2.45) is 5.10 Å². The number of hydrogen-bond acceptors (Lipinski definition) is 7. The molecule has 0 radical (unpaired) electrons. The molecule has 0 saturated heterocycles. The zero-order valence-electron chi connectivity index (χ0n) is 8.96. The van der Waals surface area contributed by atoms with Gasteiger partial charge in [-0.2, -0.15) is 5.10 Å². The summed E-state index contributed by atoms with van der Waals surface area (Å²) in [7, 11) is 0. The molecule has 0 saturated carbocycles. The first-order chi connectivity index (χ1) is 8.58. The van der Waals surface area contributed by atoms with Crippen molar-refractivity contribution in [3.8, 4) is 11.5 Å². The highest BCUT2D eigenvalue weighted by molar-refractivity contribution is 9.10. The maximum atomic E-state index is 9.62. The number of nitrogen functional groups attached to an aromatic ring is 1. The van der Waals surface area contributed by atoms with Gasteiger partial charge in [0.05, 0.1) is 16.3 Å². The van der Waals surface area contributed by atoms with Gasteiger partial charge < -0.3 is 15.9 Å². The second-order valence-corrected chi connectivity index (χ2v) is 4.93. The monoisotopic (exact) mass is 328 g/mol. The van der Waals surface area contributed by atoms with Gasteiger partial charge in [0.1, 0.15) is 17.3 Å². The third-order valence-corrected chi connectivity index (χ3v) is 3.61. The fourth-order valence-corrected chi connectivity index (χ4v) is 2.17. The van der Waals surface area contributed by atoms with Gasteiger partial charge in [0.25, 0.3) is 0 Å². The largest absolute Gasteiger partial charge is 0.507 e. The van der Waals surface area contributed by atoms with Crippen molar-refractivity contribution in [1.29, 1.82) is 0 Å². The van der Waals surface area contributed by atoms with Crippen molar-refractivity contribution >= 4 is 44.4 Å². The molecular formula is C10H9BrN4O2S. The molecule has 0 bridgehead atoms. The molecule has 0 aliphatic carbocycles. The number of phenolic OH excluding ortho intramolecular Hbond substituents is 2. The molecule has 8 heteroatoms. The average Bonchev–Trinajstić information content (AvgIpc) is 2.74.